The minimum atomic E-state index is 0.739. The molecule has 1 fully saturated rings. The lowest BCUT2D eigenvalue weighted by molar-refractivity contribution is 0.368. The van der Waals surface area contributed by atoms with Gasteiger partial charge in [-0.15, -0.1) is 0 Å². The van der Waals surface area contributed by atoms with Crippen LogP contribution in [0.25, 0.3) is 11.0 Å². The summed E-state index contributed by atoms with van der Waals surface area (Å²) < 4.78 is 2.38. The predicted molar refractivity (Wildman–Crippen MR) is 84.0 cm³/mol. The number of aromatic nitrogens is 2. The normalized spacial score (nSPS) is 16.9. The number of para-hydroxylation sites is 2. The fourth-order valence-electron chi connectivity index (χ4n) is 3.33. The average Bonchev–Trinajstić information content (AvgIpc) is 2.87. The molecule has 108 valence electrons. The monoisotopic (exact) mass is 271 g/mol. The molecule has 0 bridgehead atoms. The molecule has 2 aromatic rings. The van der Waals surface area contributed by atoms with Crippen LogP contribution in [0.4, 0.5) is 0 Å². The molecule has 0 spiro atoms. The van der Waals surface area contributed by atoms with E-state index in [1.807, 2.05) is 0 Å². The molecule has 20 heavy (non-hydrogen) atoms. The molecule has 0 saturated heterocycles. The zero-order chi connectivity index (χ0) is 13.8. The van der Waals surface area contributed by atoms with E-state index in [-0.39, 0.29) is 0 Å². The van der Waals surface area contributed by atoms with Crippen molar-refractivity contribution in [3.05, 3.63) is 30.1 Å². The third-order valence-corrected chi connectivity index (χ3v) is 4.42. The van der Waals surface area contributed by atoms with Crippen LogP contribution in [0, 0.1) is 0 Å². The molecule has 1 aliphatic carbocycles. The molecular weight excluding hydrogens is 246 g/mol. The number of nitrogens with zero attached hydrogens (tertiary/aromatic N) is 2. The first-order chi connectivity index (χ1) is 9.88. The lowest BCUT2D eigenvalue weighted by atomic mass is 9.95. The Morgan fingerprint density at radius 1 is 1.20 bits per heavy atom. The van der Waals surface area contributed by atoms with E-state index in [2.05, 4.69) is 41.1 Å². The first-order valence-corrected chi connectivity index (χ1v) is 8.06. The van der Waals surface area contributed by atoms with Crippen LogP contribution < -0.4 is 5.32 Å². The van der Waals surface area contributed by atoms with Crippen LogP contribution in [0.5, 0.6) is 0 Å². The highest BCUT2D eigenvalue weighted by Crippen LogP contribution is 2.18. The van der Waals surface area contributed by atoms with Crippen molar-refractivity contribution in [1.82, 2.24) is 14.9 Å². The molecule has 3 rings (SSSR count). The Hall–Kier alpha value is -1.35. The number of fused-ring (bicyclic) bond motifs is 1. The maximum atomic E-state index is 4.73. The van der Waals surface area contributed by atoms with Crippen molar-refractivity contribution < 1.29 is 0 Å². The van der Waals surface area contributed by atoms with Crippen LogP contribution in [0.2, 0.25) is 0 Å². The Labute approximate surface area is 121 Å². The lowest BCUT2D eigenvalue weighted by Gasteiger charge is -2.23. The molecule has 1 aromatic heterocycles. The van der Waals surface area contributed by atoms with E-state index < -0.39 is 0 Å². The van der Waals surface area contributed by atoms with Gasteiger partial charge in [0.25, 0.3) is 0 Å². The molecule has 0 aliphatic heterocycles. The third kappa shape index (κ3) is 2.88. The quantitative estimate of drug-likeness (QED) is 0.901. The zero-order valence-electron chi connectivity index (χ0n) is 12.4. The molecule has 1 aromatic carbocycles. The lowest BCUT2D eigenvalue weighted by Crippen LogP contribution is -2.33. The Morgan fingerprint density at radius 3 is 2.80 bits per heavy atom. The van der Waals surface area contributed by atoms with E-state index in [1.165, 1.54) is 43.4 Å². The topological polar surface area (TPSA) is 29.9 Å². The summed E-state index contributed by atoms with van der Waals surface area (Å²) in [6, 6.07) is 9.21. The minimum absolute atomic E-state index is 0.739. The summed E-state index contributed by atoms with van der Waals surface area (Å²) in [5.74, 6) is 1.21. The Morgan fingerprint density at radius 2 is 2.00 bits per heavy atom. The second kappa shape index (κ2) is 6.40. The van der Waals surface area contributed by atoms with Gasteiger partial charge in [0.15, 0.2) is 0 Å². The maximum Gasteiger partial charge on any atom is 0.109 e. The van der Waals surface area contributed by atoms with Crippen molar-refractivity contribution in [3.8, 4) is 0 Å². The molecule has 0 amide bonds. The van der Waals surface area contributed by atoms with E-state index in [0.29, 0.717) is 0 Å². The molecule has 0 radical (unpaired) electrons. The number of aryl methyl sites for hydroxylation is 1. The molecule has 0 atom stereocenters. The molecule has 1 N–H and O–H groups in total. The van der Waals surface area contributed by atoms with Gasteiger partial charge >= 0.3 is 0 Å². The van der Waals surface area contributed by atoms with E-state index in [1.54, 1.807) is 0 Å². The Bertz CT molecular complexity index is 552. The summed E-state index contributed by atoms with van der Waals surface area (Å²) in [5.41, 5.74) is 2.40. The van der Waals surface area contributed by atoms with Crippen molar-refractivity contribution in [2.24, 2.45) is 0 Å². The number of rotatable bonds is 5. The smallest absolute Gasteiger partial charge is 0.109 e. The van der Waals surface area contributed by atoms with Crippen molar-refractivity contribution >= 4 is 11.0 Å². The van der Waals surface area contributed by atoms with E-state index in [4.69, 9.17) is 4.98 Å². The predicted octanol–water partition coefficient (Wildman–Crippen LogP) is 3.52. The van der Waals surface area contributed by atoms with Gasteiger partial charge in [-0.05, 0) is 25.0 Å². The van der Waals surface area contributed by atoms with Crippen LogP contribution in [-0.4, -0.2) is 22.1 Å². The fourth-order valence-corrected chi connectivity index (χ4v) is 3.33. The van der Waals surface area contributed by atoms with Gasteiger partial charge in [-0.25, -0.2) is 4.98 Å². The Balaban J connectivity index is 1.66. The van der Waals surface area contributed by atoms with Gasteiger partial charge in [0.05, 0.1) is 11.0 Å². The van der Waals surface area contributed by atoms with Crippen molar-refractivity contribution in [2.45, 2.75) is 58.0 Å². The van der Waals surface area contributed by atoms with E-state index in [0.717, 1.165) is 31.1 Å². The number of nitrogens with one attached hydrogen (secondary N) is 1. The molecule has 1 heterocycles. The van der Waals surface area contributed by atoms with Gasteiger partial charge in [0.1, 0.15) is 5.82 Å². The van der Waals surface area contributed by atoms with Gasteiger partial charge in [0.2, 0.25) is 0 Å². The van der Waals surface area contributed by atoms with Gasteiger partial charge < -0.3 is 9.88 Å². The fraction of sp³-hybridized carbons (Fsp3) is 0.588. The van der Waals surface area contributed by atoms with Crippen LogP contribution in [0.1, 0.15) is 44.9 Å². The maximum absolute atomic E-state index is 4.73. The molecular formula is C17H25N3. The SMILES string of the molecule is CCc1nc2ccccc2n1CCNC1CCCCC1. The summed E-state index contributed by atoms with van der Waals surface area (Å²) in [6.07, 6.45) is 7.91. The number of imidazole rings is 1. The highest BCUT2D eigenvalue weighted by atomic mass is 15.1. The van der Waals surface area contributed by atoms with E-state index >= 15 is 0 Å². The van der Waals surface area contributed by atoms with Crippen molar-refractivity contribution in [1.29, 1.82) is 0 Å². The van der Waals surface area contributed by atoms with Gasteiger partial charge in [-0.2, -0.15) is 0 Å². The van der Waals surface area contributed by atoms with Crippen LogP contribution in [0.3, 0.4) is 0 Å². The average molecular weight is 271 g/mol. The second-order valence-corrected chi connectivity index (χ2v) is 5.81. The molecule has 1 aliphatic rings. The summed E-state index contributed by atoms with van der Waals surface area (Å²) in [6.45, 7) is 4.27. The number of benzene rings is 1. The summed E-state index contributed by atoms with van der Waals surface area (Å²) in [5, 5.41) is 3.73. The summed E-state index contributed by atoms with van der Waals surface area (Å²) in [7, 11) is 0. The van der Waals surface area contributed by atoms with E-state index in [9.17, 15) is 0 Å². The largest absolute Gasteiger partial charge is 0.327 e. The van der Waals surface area contributed by atoms with Crippen molar-refractivity contribution in [3.63, 3.8) is 0 Å². The van der Waals surface area contributed by atoms with Crippen molar-refractivity contribution in [2.75, 3.05) is 6.54 Å². The summed E-state index contributed by atoms with van der Waals surface area (Å²) >= 11 is 0. The highest BCUT2D eigenvalue weighted by molar-refractivity contribution is 5.75. The molecule has 1 saturated carbocycles. The van der Waals surface area contributed by atoms with Gasteiger partial charge in [0, 0.05) is 25.6 Å². The summed E-state index contributed by atoms with van der Waals surface area (Å²) in [4.78, 5) is 4.73. The standard InChI is InChI=1S/C17H25N3/c1-2-17-19-15-10-6-7-11-16(15)20(17)13-12-18-14-8-4-3-5-9-14/h6-7,10-11,14,18H,2-5,8-9,12-13H2,1H3. The van der Waals surface area contributed by atoms with Crippen LogP contribution >= 0.6 is 0 Å². The van der Waals surface area contributed by atoms with Crippen LogP contribution in [0.15, 0.2) is 24.3 Å². The van der Waals surface area contributed by atoms with Gasteiger partial charge in [-0.3, -0.25) is 0 Å². The zero-order valence-corrected chi connectivity index (χ0v) is 12.4. The highest BCUT2D eigenvalue weighted by Gasteiger charge is 2.13. The molecule has 3 heteroatoms. The Kier molecular flexibility index (Phi) is 4.36. The minimum Gasteiger partial charge on any atom is -0.327 e. The first-order valence-electron chi connectivity index (χ1n) is 8.06. The van der Waals surface area contributed by atoms with Crippen LogP contribution in [-0.2, 0) is 13.0 Å². The van der Waals surface area contributed by atoms with Gasteiger partial charge in [-0.1, -0.05) is 38.3 Å². The first kappa shape index (κ1) is 13.6. The number of hydrogen-bond donors (Lipinski definition) is 1. The third-order valence-electron chi connectivity index (χ3n) is 4.42. The number of hydrogen-bond acceptors (Lipinski definition) is 2. The molecule has 0 unspecified atom stereocenters. The molecule has 3 nitrogen and oxygen atoms in total. The second-order valence-electron chi connectivity index (χ2n) is 5.81.